The fraction of sp³-hybridized carbons (Fsp3) is 0.0435. The van der Waals surface area contributed by atoms with E-state index in [1.807, 2.05) is 18.2 Å². The standard InChI is InChI=1S/C18H11F3N3O4S.C5H5N.FH.Pd/c19-18(20,21)12-4-9-15(16-3-1-2-10-22-16)17(11-12)23-29(27,28)14-7-5-13(6-8-14)24(25)26;1-2-4-6-5-3-1;;/h1-11H;1-5H;1H;/q-1;;;+2/p-1. The molecular formula is C23H16F4N4O4PdS. The Hall–Kier alpha value is -3.73. The molecule has 0 saturated carbocycles. The van der Waals surface area contributed by atoms with Crippen LogP contribution in [0.15, 0.2) is 102 Å². The van der Waals surface area contributed by atoms with Crippen LogP contribution in [0.5, 0.6) is 0 Å². The van der Waals surface area contributed by atoms with Crippen LogP contribution >= 0.6 is 0 Å². The zero-order valence-corrected chi connectivity index (χ0v) is 20.8. The Kier molecular flexibility index (Phi) is 10.8. The quantitative estimate of drug-likeness (QED) is 0.107. The van der Waals surface area contributed by atoms with Gasteiger partial charge in [0.2, 0.25) is 0 Å². The number of rotatable bonds is 5. The van der Waals surface area contributed by atoms with E-state index >= 15 is 0 Å². The molecule has 0 radical (unpaired) electrons. The Labute approximate surface area is 220 Å². The molecule has 0 spiro atoms. The second-order valence-electron chi connectivity index (χ2n) is 6.79. The molecule has 196 valence electrons. The summed E-state index contributed by atoms with van der Waals surface area (Å²) in [6, 6.07) is 16.8. The fourth-order valence-corrected chi connectivity index (χ4v) is 3.75. The number of hydrogen-bond acceptors (Lipinski definition) is 6. The van der Waals surface area contributed by atoms with Crippen LogP contribution in [0, 0.1) is 10.1 Å². The third-order valence-corrected chi connectivity index (χ3v) is 5.70. The zero-order chi connectivity index (χ0) is 27.5. The first-order valence-corrected chi connectivity index (χ1v) is 11.9. The van der Waals surface area contributed by atoms with Gasteiger partial charge in [-0.15, -0.1) is 5.69 Å². The summed E-state index contributed by atoms with van der Waals surface area (Å²) in [7, 11) is -4.44. The second-order valence-corrected chi connectivity index (χ2v) is 8.39. The maximum absolute atomic E-state index is 13.1. The van der Waals surface area contributed by atoms with Crippen molar-refractivity contribution in [1.82, 2.24) is 9.97 Å². The Bertz CT molecular complexity index is 1370. The molecule has 0 amide bonds. The average Bonchev–Trinajstić information content (AvgIpc) is 2.91. The van der Waals surface area contributed by atoms with E-state index in [0.717, 1.165) is 36.4 Å². The van der Waals surface area contributed by atoms with Gasteiger partial charge in [-0.3, -0.25) is 20.1 Å². The first kappa shape index (κ1) is 29.5. The smallest absolute Gasteiger partial charge is 0.0267 e. The molecule has 0 bridgehead atoms. The Morgan fingerprint density at radius 2 is 1.49 bits per heavy atom. The summed E-state index contributed by atoms with van der Waals surface area (Å²) < 4.78 is 77.4. The first-order chi connectivity index (χ1) is 17.6. The fourth-order valence-electron chi connectivity index (χ4n) is 2.76. The average molecular weight is 627 g/mol. The van der Waals surface area contributed by atoms with Crippen molar-refractivity contribution < 1.29 is 49.5 Å². The molecule has 0 saturated heterocycles. The number of nitrogens with zero attached hydrogens (tertiary/aromatic N) is 4. The number of aromatic nitrogens is 2. The largest absolute Gasteiger partial charge is 0.265 e. The van der Waals surface area contributed by atoms with Crippen molar-refractivity contribution in [3.8, 4) is 11.3 Å². The topological polar surface area (TPSA) is 117 Å². The van der Waals surface area contributed by atoms with Gasteiger partial charge in [-0.1, -0.05) is 24.3 Å². The van der Waals surface area contributed by atoms with E-state index in [0.29, 0.717) is 6.07 Å². The molecular weight excluding hydrogens is 611 g/mol. The van der Waals surface area contributed by atoms with Gasteiger partial charge in [0.1, 0.15) is 10.0 Å². The monoisotopic (exact) mass is 626 g/mol. The van der Waals surface area contributed by atoms with Crippen molar-refractivity contribution in [3.63, 3.8) is 0 Å². The van der Waals surface area contributed by atoms with Crippen LogP contribution in [0.4, 0.5) is 27.8 Å². The summed E-state index contributed by atoms with van der Waals surface area (Å²) in [6.07, 6.45) is 0.200. The number of non-ortho nitro benzene ring substituents is 1. The number of halogens is 4. The van der Waals surface area contributed by atoms with E-state index in [4.69, 9.17) is 0 Å². The Morgan fingerprint density at radius 1 is 0.865 bits per heavy atom. The third kappa shape index (κ3) is 8.71. The number of nitro groups is 1. The molecule has 0 fully saturated rings. The molecule has 0 aliphatic carbocycles. The van der Waals surface area contributed by atoms with Gasteiger partial charge in [0, 0.05) is 30.7 Å². The van der Waals surface area contributed by atoms with Crippen molar-refractivity contribution in [2.45, 2.75) is 11.1 Å². The van der Waals surface area contributed by atoms with Crippen LogP contribution < -0.4 is 0 Å². The van der Waals surface area contributed by atoms with E-state index in [1.165, 1.54) is 32.0 Å². The van der Waals surface area contributed by atoms with E-state index in [2.05, 4.69) is 14.7 Å². The maximum atomic E-state index is 13.1. The van der Waals surface area contributed by atoms with Crippen LogP contribution in [-0.2, 0) is 35.9 Å². The summed E-state index contributed by atoms with van der Waals surface area (Å²) in [5, 5.41) is 10.7. The molecule has 37 heavy (non-hydrogen) atoms. The van der Waals surface area contributed by atoms with Gasteiger partial charge in [-0.25, -0.2) is 8.42 Å². The molecule has 2 aromatic heterocycles. The molecule has 4 rings (SSSR count). The first-order valence-electron chi connectivity index (χ1n) is 9.90. The van der Waals surface area contributed by atoms with Crippen LogP contribution in [0.1, 0.15) is 5.56 Å². The second kappa shape index (κ2) is 13.5. The van der Waals surface area contributed by atoms with Gasteiger partial charge in [0.05, 0.1) is 21.1 Å². The predicted molar refractivity (Wildman–Crippen MR) is 123 cm³/mol. The molecule has 0 unspecified atom stereocenters. The number of pyridine rings is 2. The molecule has 0 N–H and O–H groups in total. The van der Waals surface area contributed by atoms with E-state index in [9.17, 15) is 34.9 Å². The molecule has 2 heterocycles. The number of alkyl halides is 3. The maximum Gasteiger partial charge on any atom is 0.0267 e. The zero-order valence-electron chi connectivity index (χ0n) is 18.4. The summed E-state index contributed by atoms with van der Waals surface area (Å²) in [4.78, 5) is 17.4. The van der Waals surface area contributed by atoms with E-state index < -0.39 is 37.3 Å². The van der Waals surface area contributed by atoms with Crippen LogP contribution in [-0.4, -0.2) is 23.3 Å². The number of sulfonamides is 1. The van der Waals surface area contributed by atoms with E-state index in [-0.39, 0.29) is 16.9 Å². The minimum absolute atomic E-state index is 0.0871. The van der Waals surface area contributed by atoms with Gasteiger partial charge in [-0.05, 0) is 48.0 Å². The van der Waals surface area contributed by atoms with Gasteiger partial charge in [0.15, 0.2) is 0 Å². The van der Waals surface area contributed by atoms with Gasteiger partial charge in [0.25, 0.3) is 5.69 Å². The predicted octanol–water partition coefficient (Wildman–Crippen LogP) is 6.57. The van der Waals surface area contributed by atoms with Crippen molar-refractivity contribution in [2.24, 2.45) is 0 Å². The number of hydrogen-bond donors (Lipinski definition) is 0. The van der Waals surface area contributed by atoms with Crippen LogP contribution in [0.25, 0.3) is 16.0 Å². The van der Waals surface area contributed by atoms with Crippen LogP contribution in [0.3, 0.4) is 0 Å². The molecule has 14 heteroatoms. The molecule has 0 aliphatic heterocycles. The summed E-state index contributed by atoms with van der Waals surface area (Å²) in [5.41, 5.74) is -1.54. The van der Waals surface area contributed by atoms with Crippen molar-refractivity contribution in [2.75, 3.05) is 0 Å². The SMILES string of the molecule is O=[N+]([O-])c1ccc(S(=O)(=O)[N-]c2cc(C(F)(F)F)ccc2-c2ccccn2)cc1.[F][Pd+].c1ccncc1. The molecule has 0 atom stereocenters. The number of benzene rings is 2. The van der Waals surface area contributed by atoms with Crippen molar-refractivity contribution in [1.29, 1.82) is 0 Å². The van der Waals surface area contributed by atoms with E-state index in [1.54, 1.807) is 24.5 Å². The molecule has 2 aromatic carbocycles. The van der Waals surface area contributed by atoms with Gasteiger partial charge in [-0.2, -0.15) is 13.2 Å². The van der Waals surface area contributed by atoms with Gasteiger partial charge < -0.3 is 4.72 Å². The minimum Gasteiger partial charge on any atom is -0.265 e. The summed E-state index contributed by atoms with van der Waals surface area (Å²) in [5.74, 6) is 0. The third-order valence-electron chi connectivity index (χ3n) is 4.40. The minimum atomic E-state index is -4.70. The molecule has 0 aliphatic rings. The molecule has 8 nitrogen and oxygen atoms in total. The normalized spacial score (nSPS) is 10.8. The Morgan fingerprint density at radius 3 is 1.95 bits per heavy atom. The van der Waals surface area contributed by atoms with Crippen molar-refractivity contribution >= 4 is 21.4 Å². The van der Waals surface area contributed by atoms with Gasteiger partial charge >= 0.3 is 29.1 Å². The van der Waals surface area contributed by atoms with Crippen molar-refractivity contribution in [3.05, 3.63) is 118 Å². The summed E-state index contributed by atoms with van der Waals surface area (Å²) >= 11 is 1.25. The Balaban J connectivity index is 0.000000519. The summed E-state index contributed by atoms with van der Waals surface area (Å²) in [6.45, 7) is 0. The number of nitro benzene ring substituents is 1. The molecule has 4 aromatic rings. The van der Waals surface area contributed by atoms with Crippen LogP contribution in [0.2, 0.25) is 0 Å².